The first kappa shape index (κ1) is 18.6. The average molecular weight is 389 g/mol. The number of amides is 1. The van der Waals surface area contributed by atoms with Crippen LogP contribution in [0.1, 0.15) is 21.9 Å². The lowest BCUT2D eigenvalue weighted by atomic mass is 10.1. The van der Waals surface area contributed by atoms with Crippen molar-refractivity contribution in [2.45, 2.75) is 13.3 Å². The number of anilines is 2. The van der Waals surface area contributed by atoms with Crippen LogP contribution >= 0.6 is 0 Å². The van der Waals surface area contributed by atoms with Crippen LogP contribution in [0.5, 0.6) is 0 Å². The maximum absolute atomic E-state index is 13.1. The Hall–Kier alpha value is -3.74. The zero-order valence-electron chi connectivity index (χ0n) is 15.9. The fourth-order valence-electron chi connectivity index (χ4n) is 3.17. The van der Waals surface area contributed by atoms with Gasteiger partial charge in [0, 0.05) is 35.4 Å². The molecule has 0 aliphatic heterocycles. The Labute approximate surface area is 167 Å². The summed E-state index contributed by atoms with van der Waals surface area (Å²) in [4.78, 5) is 24.3. The number of fused-ring (bicyclic) bond motifs is 1. The van der Waals surface area contributed by atoms with E-state index in [9.17, 15) is 9.18 Å². The molecule has 146 valence electrons. The van der Waals surface area contributed by atoms with Crippen molar-refractivity contribution in [2.24, 2.45) is 0 Å². The van der Waals surface area contributed by atoms with Gasteiger partial charge in [0.1, 0.15) is 23.2 Å². The van der Waals surface area contributed by atoms with Gasteiger partial charge in [0.15, 0.2) is 0 Å². The number of carbonyl (C=O) groups is 1. The van der Waals surface area contributed by atoms with Gasteiger partial charge in [-0.25, -0.2) is 14.4 Å². The van der Waals surface area contributed by atoms with E-state index >= 15 is 0 Å². The molecule has 0 saturated heterocycles. The molecule has 6 nitrogen and oxygen atoms in total. The van der Waals surface area contributed by atoms with Crippen molar-refractivity contribution in [2.75, 3.05) is 11.9 Å². The predicted molar refractivity (Wildman–Crippen MR) is 111 cm³/mol. The molecule has 7 heteroatoms. The smallest absolute Gasteiger partial charge is 0.270 e. The molecule has 4 aromatic rings. The van der Waals surface area contributed by atoms with Crippen LogP contribution in [0.3, 0.4) is 0 Å². The van der Waals surface area contributed by atoms with Gasteiger partial charge in [0.05, 0.1) is 0 Å². The van der Waals surface area contributed by atoms with Crippen molar-refractivity contribution in [1.29, 1.82) is 0 Å². The number of benzene rings is 2. The highest BCUT2D eigenvalue weighted by Gasteiger charge is 2.11. The second-order valence-electron chi connectivity index (χ2n) is 6.68. The molecular formula is C22H20FN5O. The SMILES string of the molecule is Cc1nc(Nc2ccc(F)cc2)cc(C(=O)NCCc2c[nH]c3ccccc23)n1. The first-order valence-corrected chi connectivity index (χ1v) is 9.30. The van der Waals surface area contributed by atoms with Crippen LogP contribution in [0.15, 0.2) is 60.8 Å². The summed E-state index contributed by atoms with van der Waals surface area (Å²) in [6, 6.07) is 15.6. The normalized spacial score (nSPS) is 10.8. The van der Waals surface area contributed by atoms with Crippen LogP contribution in [-0.2, 0) is 6.42 Å². The van der Waals surface area contributed by atoms with Gasteiger partial charge in [-0.15, -0.1) is 0 Å². The molecule has 0 bridgehead atoms. The monoisotopic (exact) mass is 389 g/mol. The van der Waals surface area contributed by atoms with Crippen molar-refractivity contribution in [3.05, 3.63) is 83.7 Å². The molecule has 0 unspecified atom stereocenters. The van der Waals surface area contributed by atoms with Gasteiger partial charge in [-0.3, -0.25) is 4.79 Å². The number of para-hydroxylation sites is 1. The van der Waals surface area contributed by atoms with Crippen LogP contribution in [0.25, 0.3) is 10.9 Å². The van der Waals surface area contributed by atoms with Crippen molar-refractivity contribution < 1.29 is 9.18 Å². The molecule has 0 radical (unpaired) electrons. The van der Waals surface area contributed by atoms with Crippen LogP contribution < -0.4 is 10.6 Å². The van der Waals surface area contributed by atoms with E-state index in [0.29, 0.717) is 30.3 Å². The van der Waals surface area contributed by atoms with Crippen molar-refractivity contribution >= 4 is 28.3 Å². The molecule has 0 fully saturated rings. The molecule has 2 aromatic carbocycles. The number of aryl methyl sites for hydroxylation is 1. The highest BCUT2D eigenvalue weighted by molar-refractivity contribution is 5.93. The second-order valence-corrected chi connectivity index (χ2v) is 6.68. The van der Waals surface area contributed by atoms with E-state index in [1.54, 1.807) is 25.1 Å². The number of hydrogen-bond acceptors (Lipinski definition) is 4. The summed E-state index contributed by atoms with van der Waals surface area (Å²) in [5.41, 5.74) is 3.19. The van der Waals surface area contributed by atoms with Crippen molar-refractivity contribution in [3.8, 4) is 0 Å². The lowest BCUT2D eigenvalue weighted by Crippen LogP contribution is -2.27. The number of nitrogens with one attached hydrogen (secondary N) is 3. The summed E-state index contributed by atoms with van der Waals surface area (Å²) in [5.74, 6) is 0.368. The zero-order valence-corrected chi connectivity index (χ0v) is 15.9. The Morgan fingerprint density at radius 2 is 1.90 bits per heavy atom. The molecule has 0 aliphatic rings. The van der Waals surface area contributed by atoms with E-state index in [-0.39, 0.29) is 17.4 Å². The Balaban J connectivity index is 1.41. The predicted octanol–water partition coefficient (Wildman–Crippen LogP) is 4.12. The highest BCUT2D eigenvalue weighted by atomic mass is 19.1. The fraction of sp³-hybridized carbons (Fsp3) is 0.136. The van der Waals surface area contributed by atoms with Crippen molar-refractivity contribution in [1.82, 2.24) is 20.3 Å². The van der Waals surface area contributed by atoms with Crippen molar-refractivity contribution in [3.63, 3.8) is 0 Å². The molecular weight excluding hydrogens is 369 g/mol. The quantitative estimate of drug-likeness (QED) is 0.463. The third kappa shape index (κ3) is 4.40. The summed E-state index contributed by atoms with van der Waals surface area (Å²) in [7, 11) is 0. The molecule has 3 N–H and O–H groups in total. The summed E-state index contributed by atoms with van der Waals surface area (Å²) in [6.45, 7) is 2.21. The van der Waals surface area contributed by atoms with Gasteiger partial charge in [0.2, 0.25) is 0 Å². The molecule has 4 rings (SSSR count). The molecule has 2 heterocycles. The number of hydrogen-bond donors (Lipinski definition) is 3. The molecule has 2 aromatic heterocycles. The Morgan fingerprint density at radius 1 is 1.10 bits per heavy atom. The number of aromatic amines is 1. The van der Waals surface area contributed by atoms with E-state index in [4.69, 9.17) is 0 Å². The van der Waals surface area contributed by atoms with E-state index in [1.807, 2.05) is 24.4 Å². The molecule has 1 amide bonds. The molecule has 29 heavy (non-hydrogen) atoms. The average Bonchev–Trinajstić information content (AvgIpc) is 3.12. The van der Waals surface area contributed by atoms with E-state index in [1.165, 1.54) is 12.1 Å². The maximum atomic E-state index is 13.1. The third-order valence-corrected chi connectivity index (χ3v) is 4.54. The minimum absolute atomic E-state index is 0.266. The molecule has 0 atom stereocenters. The molecule has 0 saturated carbocycles. The number of aromatic nitrogens is 3. The summed E-state index contributed by atoms with van der Waals surface area (Å²) >= 11 is 0. The third-order valence-electron chi connectivity index (χ3n) is 4.54. The van der Waals surface area contributed by atoms with E-state index in [2.05, 4.69) is 31.7 Å². The van der Waals surface area contributed by atoms with Gasteiger partial charge in [0.25, 0.3) is 5.91 Å². The largest absolute Gasteiger partial charge is 0.361 e. The summed E-state index contributed by atoms with van der Waals surface area (Å²) < 4.78 is 13.1. The lowest BCUT2D eigenvalue weighted by Gasteiger charge is -2.09. The minimum Gasteiger partial charge on any atom is -0.361 e. The number of nitrogens with zero attached hydrogens (tertiary/aromatic N) is 2. The van der Waals surface area contributed by atoms with Crippen LogP contribution in [-0.4, -0.2) is 27.4 Å². The first-order chi connectivity index (χ1) is 14.1. The maximum Gasteiger partial charge on any atom is 0.270 e. The van der Waals surface area contributed by atoms with Gasteiger partial charge in [-0.1, -0.05) is 18.2 Å². The summed E-state index contributed by atoms with van der Waals surface area (Å²) in [6.07, 6.45) is 2.68. The first-order valence-electron chi connectivity index (χ1n) is 9.30. The topological polar surface area (TPSA) is 82.7 Å². The molecule has 0 aliphatic carbocycles. The number of rotatable bonds is 6. The number of H-pyrrole nitrogens is 1. The van der Waals surface area contributed by atoms with Crippen LogP contribution in [0.2, 0.25) is 0 Å². The zero-order chi connectivity index (χ0) is 20.2. The Bertz CT molecular complexity index is 1150. The van der Waals surface area contributed by atoms with Gasteiger partial charge in [-0.2, -0.15) is 0 Å². The standard InChI is InChI=1S/C22H20FN5O/c1-14-26-20(12-21(27-14)28-17-8-6-16(23)7-9-17)22(29)24-11-10-15-13-25-19-5-3-2-4-18(15)19/h2-9,12-13,25H,10-11H2,1H3,(H,24,29)(H,26,27,28). The second kappa shape index (κ2) is 8.10. The Morgan fingerprint density at radius 3 is 2.72 bits per heavy atom. The van der Waals surface area contributed by atoms with Crippen LogP contribution in [0.4, 0.5) is 15.9 Å². The highest BCUT2D eigenvalue weighted by Crippen LogP contribution is 2.18. The van der Waals surface area contributed by atoms with E-state index in [0.717, 1.165) is 16.5 Å². The number of carbonyl (C=O) groups excluding carboxylic acids is 1. The van der Waals surface area contributed by atoms with E-state index < -0.39 is 0 Å². The Kier molecular flexibility index (Phi) is 5.20. The van der Waals surface area contributed by atoms with Gasteiger partial charge >= 0.3 is 0 Å². The van der Waals surface area contributed by atoms with Crippen LogP contribution in [0, 0.1) is 12.7 Å². The summed E-state index contributed by atoms with van der Waals surface area (Å²) in [5, 5.41) is 7.13. The lowest BCUT2D eigenvalue weighted by molar-refractivity contribution is 0.0949. The minimum atomic E-state index is -0.315. The molecule has 0 spiro atoms. The fourth-order valence-corrected chi connectivity index (χ4v) is 3.17. The van der Waals surface area contributed by atoms with Gasteiger partial charge in [-0.05, 0) is 49.2 Å². The van der Waals surface area contributed by atoms with Gasteiger partial charge < -0.3 is 15.6 Å². The number of halogens is 1.